The normalized spacial score (nSPS) is 17.9. The largest absolute Gasteiger partial charge is 0.444 e. The topological polar surface area (TPSA) is 50.4 Å². The lowest BCUT2D eigenvalue weighted by Crippen LogP contribution is -2.27. The number of hydrogen-bond donors (Lipinski definition) is 2. The summed E-state index contributed by atoms with van der Waals surface area (Å²) in [6.07, 6.45) is 0.570. The van der Waals surface area contributed by atoms with Crippen molar-refractivity contribution in [2.75, 3.05) is 10.6 Å². The van der Waals surface area contributed by atoms with E-state index >= 15 is 0 Å². The van der Waals surface area contributed by atoms with Gasteiger partial charge in [-0.15, -0.1) is 0 Å². The number of anilines is 2. The minimum Gasteiger partial charge on any atom is -0.444 e. The summed E-state index contributed by atoms with van der Waals surface area (Å²) in [5, 5.41) is 6.13. The highest BCUT2D eigenvalue weighted by molar-refractivity contribution is 5.85. The van der Waals surface area contributed by atoms with Gasteiger partial charge >= 0.3 is 6.09 Å². The highest BCUT2D eigenvalue weighted by Gasteiger charge is 2.19. The van der Waals surface area contributed by atoms with Gasteiger partial charge in [-0.1, -0.05) is 0 Å². The monoisotopic (exact) mass is 248 g/mol. The molecule has 2 N–H and O–H groups in total. The fraction of sp³-hybridized carbons (Fsp3) is 0.500. The molecular formula is C14H20N2O2. The number of benzene rings is 1. The number of carbonyl (C=O) groups is 1. The Morgan fingerprint density at radius 2 is 2.17 bits per heavy atom. The molecule has 1 heterocycles. The zero-order valence-corrected chi connectivity index (χ0v) is 11.3. The second kappa shape index (κ2) is 4.52. The van der Waals surface area contributed by atoms with E-state index in [4.69, 9.17) is 4.74 Å². The van der Waals surface area contributed by atoms with Gasteiger partial charge in [-0.05, 0) is 57.9 Å². The molecule has 4 heteroatoms. The summed E-state index contributed by atoms with van der Waals surface area (Å²) >= 11 is 0. The van der Waals surface area contributed by atoms with E-state index in [1.807, 2.05) is 39.0 Å². The molecule has 0 radical (unpaired) electrons. The summed E-state index contributed by atoms with van der Waals surface area (Å²) in [4.78, 5) is 11.6. The Kier molecular flexibility index (Phi) is 3.20. The first-order valence-electron chi connectivity index (χ1n) is 6.23. The van der Waals surface area contributed by atoms with E-state index in [1.54, 1.807) is 0 Å². The smallest absolute Gasteiger partial charge is 0.412 e. The summed E-state index contributed by atoms with van der Waals surface area (Å²) in [6.45, 7) is 7.68. The SMILES string of the molecule is CC1Cc2cc(NC(=O)OC(C)(C)C)ccc2N1. The molecule has 0 saturated carbocycles. The molecule has 1 aliphatic rings. The van der Waals surface area contributed by atoms with Crippen LogP contribution < -0.4 is 10.6 Å². The number of nitrogens with one attached hydrogen (secondary N) is 2. The maximum atomic E-state index is 11.6. The lowest BCUT2D eigenvalue weighted by molar-refractivity contribution is 0.0636. The predicted octanol–water partition coefficient (Wildman–Crippen LogP) is 3.39. The molecule has 2 rings (SSSR count). The summed E-state index contributed by atoms with van der Waals surface area (Å²) in [6, 6.07) is 6.33. The molecule has 0 aliphatic carbocycles. The first kappa shape index (κ1) is 12.7. The molecule has 4 nitrogen and oxygen atoms in total. The average molecular weight is 248 g/mol. The molecule has 1 atom stereocenters. The van der Waals surface area contributed by atoms with Crippen LogP contribution in [0.15, 0.2) is 18.2 Å². The van der Waals surface area contributed by atoms with Gasteiger partial charge in [0.25, 0.3) is 0 Å². The van der Waals surface area contributed by atoms with Gasteiger partial charge in [0.2, 0.25) is 0 Å². The number of amides is 1. The van der Waals surface area contributed by atoms with Crippen LogP contribution in [-0.2, 0) is 11.2 Å². The molecule has 0 saturated heterocycles. The Labute approximate surface area is 108 Å². The molecule has 0 bridgehead atoms. The van der Waals surface area contributed by atoms with Crippen LogP contribution in [0.25, 0.3) is 0 Å². The van der Waals surface area contributed by atoms with Gasteiger partial charge in [0.15, 0.2) is 0 Å². The first-order chi connectivity index (χ1) is 8.33. The zero-order valence-electron chi connectivity index (χ0n) is 11.3. The van der Waals surface area contributed by atoms with Crippen molar-refractivity contribution in [3.63, 3.8) is 0 Å². The van der Waals surface area contributed by atoms with Crippen LogP contribution in [0.3, 0.4) is 0 Å². The third kappa shape index (κ3) is 3.15. The van der Waals surface area contributed by atoms with E-state index in [1.165, 1.54) is 5.56 Å². The first-order valence-corrected chi connectivity index (χ1v) is 6.23. The van der Waals surface area contributed by atoms with Crippen molar-refractivity contribution >= 4 is 17.5 Å². The zero-order chi connectivity index (χ0) is 13.3. The third-order valence-electron chi connectivity index (χ3n) is 2.68. The van der Waals surface area contributed by atoms with Crippen LogP contribution >= 0.6 is 0 Å². The number of carbonyl (C=O) groups excluding carboxylic acids is 1. The Morgan fingerprint density at radius 3 is 2.83 bits per heavy atom. The molecule has 1 aromatic carbocycles. The molecule has 1 aromatic rings. The van der Waals surface area contributed by atoms with Gasteiger partial charge in [0, 0.05) is 17.4 Å². The molecule has 0 fully saturated rings. The van der Waals surface area contributed by atoms with Gasteiger partial charge in [-0.25, -0.2) is 4.79 Å². The van der Waals surface area contributed by atoms with Crippen molar-refractivity contribution in [2.45, 2.75) is 45.8 Å². The highest BCUT2D eigenvalue weighted by atomic mass is 16.6. The number of ether oxygens (including phenoxy) is 1. The van der Waals surface area contributed by atoms with E-state index in [9.17, 15) is 4.79 Å². The van der Waals surface area contributed by atoms with Crippen molar-refractivity contribution in [1.82, 2.24) is 0 Å². The maximum Gasteiger partial charge on any atom is 0.412 e. The summed E-state index contributed by atoms with van der Waals surface area (Å²) < 4.78 is 5.22. The highest BCUT2D eigenvalue weighted by Crippen LogP contribution is 2.28. The molecule has 98 valence electrons. The second-order valence-electron chi connectivity index (χ2n) is 5.75. The molecule has 1 amide bonds. The second-order valence-corrected chi connectivity index (χ2v) is 5.75. The van der Waals surface area contributed by atoms with Crippen molar-refractivity contribution in [2.24, 2.45) is 0 Å². The van der Waals surface area contributed by atoms with E-state index in [-0.39, 0.29) is 0 Å². The van der Waals surface area contributed by atoms with Gasteiger partial charge in [-0.2, -0.15) is 0 Å². The van der Waals surface area contributed by atoms with Crippen LogP contribution in [-0.4, -0.2) is 17.7 Å². The maximum absolute atomic E-state index is 11.6. The van der Waals surface area contributed by atoms with Crippen LogP contribution in [0.2, 0.25) is 0 Å². The summed E-state index contributed by atoms with van der Waals surface area (Å²) in [5.74, 6) is 0. The predicted molar refractivity (Wildman–Crippen MR) is 73.1 cm³/mol. The molecule has 1 unspecified atom stereocenters. The Bertz CT molecular complexity index is 463. The van der Waals surface area contributed by atoms with E-state index < -0.39 is 11.7 Å². The third-order valence-corrected chi connectivity index (χ3v) is 2.68. The van der Waals surface area contributed by atoms with Gasteiger partial charge in [0.1, 0.15) is 5.60 Å². The standard InChI is InChI=1S/C14H20N2O2/c1-9-7-10-8-11(5-6-12(10)15-9)16-13(17)18-14(2,3)4/h5-6,8-9,15H,7H2,1-4H3,(H,16,17). The van der Waals surface area contributed by atoms with E-state index in [0.29, 0.717) is 6.04 Å². The fourth-order valence-corrected chi connectivity index (χ4v) is 2.05. The van der Waals surface area contributed by atoms with Crippen LogP contribution in [0.4, 0.5) is 16.2 Å². The van der Waals surface area contributed by atoms with Crippen LogP contribution in [0.1, 0.15) is 33.3 Å². The minimum atomic E-state index is -0.475. The Hall–Kier alpha value is -1.71. The molecule has 0 spiro atoms. The minimum absolute atomic E-state index is 0.415. The Morgan fingerprint density at radius 1 is 1.44 bits per heavy atom. The summed E-state index contributed by atoms with van der Waals surface area (Å²) in [5.41, 5.74) is 2.68. The number of hydrogen-bond acceptors (Lipinski definition) is 3. The van der Waals surface area contributed by atoms with E-state index in [2.05, 4.69) is 17.6 Å². The lowest BCUT2D eigenvalue weighted by atomic mass is 10.1. The fourth-order valence-electron chi connectivity index (χ4n) is 2.05. The van der Waals surface area contributed by atoms with Gasteiger partial charge in [0.05, 0.1) is 0 Å². The molecule has 18 heavy (non-hydrogen) atoms. The van der Waals surface area contributed by atoms with Crippen molar-refractivity contribution in [3.05, 3.63) is 23.8 Å². The lowest BCUT2D eigenvalue weighted by Gasteiger charge is -2.19. The quantitative estimate of drug-likeness (QED) is 0.801. The van der Waals surface area contributed by atoms with Gasteiger partial charge < -0.3 is 10.1 Å². The van der Waals surface area contributed by atoms with Crippen LogP contribution in [0.5, 0.6) is 0 Å². The summed E-state index contributed by atoms with van der Waals surface area (Å²) in [7, 11) is 0. The number of rotatable bonds is 1. The molecular weight excluding hydrogens is 228 g/mol. The molecule has 0 aromatic heterocycles. The van der Waals surface area contributed by atoms with Crippen molar-refractivity contribution in [3.8, 4) is 0 Å². The Balaban J connectivity index is 2.03. The van der Waals surface area contributed by atoms with Crippen LogP contribution in [0, 0.1) is 0 Å². The van der Waals surface area contributed by atoms with Gasteiger partial charge in [-0.3, -0.25) is 5.32 Å². The average Bonchev–Trinajstić information content (AvgIpc) is 2.53. The molecule has 1 aliphatic heterocycles. The van der Waals surface area contributed by atoms with Crippen molar-refractivity contribution < 1.29 is 9.53 Å². The number of fused-ring (bicyclic) bond motifs is 1. The van der Waals surface area contributed by atoms with Crippen molar-refractivity contribution in [1.29, 1.82) is 0 Å². The van der Waals surface area contributed by atoms with E-state index in [0.717, 1.165) is 17.8 Å².